The molecule has 16 heavy (non-hydrogen) atoms. The Kier molecular flexibility index (Phi) is 5.88. The van der Waals surface area contributed by atoms with Crippen LogP contribution < -0.4 is 11.5 Å². The highest BCUT2D eigenvalue weighted by molar-refractivity contribution is 5.37. The minimum absolute atomic E-state index is 0.374. The fourth-order valence-electron chi connectivity index (χ4n) is 1.20. The van der Waals surface area contributed by atoms with Crippen molar-refractivity contribution in [2.45, 2.75) is 19.3 Å². The molecule has 3 nitrogen and oxygen atoms in total. The van der Waals surface area contributed by atoms with E-state index in [2.05, 4.69) is 28.7 Å². The van der Waals surface area contributed by atoms with E-state index in [9.17, 15) is 0 Å². The minimum atomic E-state index is 0.374. The summed E-state index contributed by atoms with van der Waals surface area (Å²) in [6, 6.07) is 3.84. The fraction of sp³-hybridized carbons (Fsp3) is 0.385. The Morgan fingerprint density at radius 3 is 2.31 bits per heavy atom. The molecule has 0 spiro atoms. The van der Waals surface area contributed by atoms with Gasteiger partial charge in [0.15, 0.2) is 0 Å². The molecule has 0 aliphatic heterocycles. The van der Waals surface area contributed by atoms with Gasteiger partial charge in [-0.2, -0.15) is 0 Å². The van der Waals surface area contributed by atoms with Crippen LogP contribution in [0.25, 0.3) is 0 Å². The maximum absolute atomic E-state index is 5.39. The van der Waals surface area contributed by atoms with Crippen LogP contribution in [0.15, 0.2) is 12.1 Å². The first kappa shape index (κ1) is 12.4. The second-order valence-corrected chi connectivity index (χ2v) is 3.34. The van der Waals surface area contributed by atoms with Crippen LogP contribution in [-0.4, -0.2) is 18.1 Å². The number of rotatable bonds is 3. The quantitative estimate of drug-likeness (QED) is 0.516. The van der Waals surface area contributed by atoms with Crippen LogP contribution in [0.1, 0.15) is 30.7 Å². The summed E-state index contributed by atoms with van der Waals surface area (Å²) >= 11 is 0. The van der Waals surface area contributed by atoms with Crippen molar-refractivity contribution in [3.63, 3.8) is 0 Å². The van der Waals surface area contributed by atoms with E-state index in [1.807, 2.05) is 12.1 Å². The van der Waals surface area contributed by atoms with Gasteiger partial charge in [0.2, 0.25) is 0 Å². The number of nitrogens with two attached hydrogens (primary N) is 2. The van der Waals surface area contributed by atoms with Crippen molar-refractivity contribution < 1.29 is 0 Å². The minimum Gasteiger partial charge on any atom is -0.342 e. The third-order valence-electron chi connectivity index (χ3n) is 1.99. The van der Waals surface area contributed by atoms with Crippen molar-refractivity contribution in [3.8, 4) is 23.7 Å². The summed E-state index contributed by atoms with van der Waals surface area (Å²) in [5.41, 5.74) is 12.4. The van der Waals surface area contributed by atoms with Gasteiger partial charge in [0.25, 0.3) is 0 Å². The van der Waals surface area contributed by atoms with Gasteiger partial charge in [0, 0.05) is 6.42 Å². The lowest BCUT2D eigenvalue weighted by Gasteiger charge is -1.88. The van der Waals surface area contributed by atoms with Crippen molar-refractivity contribution in [2.24, 2.45) is 11.5 Å². The lowest BCUT2D eigenvalue weighted by atomic mass is 10.2. The predicted octanol–water partition coefficient (Wildman–Crippen LogP) is 0.805. The van der Waals surface area contributed by atoms with Crippen LogP contribution in [-0.2, 0) is 0 Å². The highest BCUT2D eigenvalue weighted by Crippen LogP contribution is 1.99. The molecule has 0 bridgehead atoms. The molecule has 0 fully saturated rings. The van der Waals surface area contributed by atoms with E-state index in [0.29, 0.717) is 6.54 Å². The van der Waals surface area contributed by atoms with E-state index in [1.165, 1.54) is 0 Å². The summed E-state index contributed by atoms with van der Waals surface area (Å²) < 4.78 is 0. The van der Waals surface area contributed by atoms with Crippen molar-refractivity contribution >= 4 is 0 Å². The Morgan fingerprint density at radius 1 is 1.00 bits per heavy atom. The standard InChI is InChI=1S/C13H17N3/c14-10-4-2-1-3-6-12-8-9-13(16-12)7-5-11-15/h8-9,16H,1-2,4,10-11,14-15H2. The van der Waals surface area contributed by atoms with E-state index in [4.69, 9.17) is 11.5 Å². The predicted molar refractivity (Wildman–Crippen MR) is 66.5 cm³/mol. The van der Waals surface area contributed by atoms with E-state index >= 15 is 0 Å². The van der Waals surface area contributed by atoms with E-state index in [-0.39, 0.29) is 0 Å². The summed E-state index contributed by atoms with van der Waals surface area (Å²) in [5.74, 6) is 11.9. The van der Waals surface area contributed by atoms with Gasteiger partial charge in [-0.05, 0) is 43.4 Å². The number of H-pyrrole nitrogens is 1. The Balaban J connectivity index is 2.45. The highest BCUT2D eigenvalue weighted by Gasteiger charge is 1.90. The van der Waals surface area contributed by atoms with Gasteiger partial charge in [-0.25, -0.2) is 0 Å². The van der Waals surface area contributed by atoms with Gasteiger partial charge >= 0.3 is 0 Å². The van der Waals surface area contributed by atoms with Crippen molar-refractivity contribution in [1.82, 2.24) is 4.98 Å². The molecule has 0 radical (unpaired) electrons. The van der Waals surface area contributed by atoms with E-state index in [1.54, 1.807) is 0 Å². The average molecular weight is 215 g/mol. The van der Waals surface area contributed by atoms with Crippen LogP contribution in [0.4, 0.5) is 0 Å². The molecule has 1 aromatic heterocycles. The Labute approximate surface area is 96.6 Å². The second-order valence-electron chi connectivity index (χ2n) is 3.34. The van der Waals surface area contributed by atoms with Gasteiger partial charge in [-0.15, -0.1) is 0 Å². The molecule has 0 aliphatic carbocycles. The first-order chi connectivity index (χ1) is 7.86. The SMILES string of the molecule is NCC#Cc1ccc(C#CCCCCN)[nH]1. The van der Waals surface area contributed by atoms with Gasteiger partial charge in [-0.1, -0.05) is 11.8 Å². The van der Waals surface area contributed by atoms with Crippen LogP contribution >= 0.6 is 0 Å². The lowest BCUT2D eigenvalue weighted by Crippen LogP contribution is -1.96. The third-order valence-corrected chi connectivity index (χ3v) is 1.99. The topological polar surface area (TPSA) is 67.8 Å². The maximum Gasteiger partial charge on any atom is 0.0903 e. The maximum atomic E-state index is 5.39. The zero-order valence-electron chi connectivity index (χ0n) is 9.34. The van der Waals surface area contributed by atoms with E-state index < -0.39 is 0 Å². The molecule has 3 heteroatoms. The number of aromatic nitrogens is 1. The number of hydrogen-bond acceptors (Lipinski definition) is 2. The van der Waals surface area contributed by atoms with Gasteiger partial charge < -0.3 is 16.5 Å². The molecule has 0 aromatic carbocycles. The first-order valence-electron chi connectivity index (χ1n) is 5.43. The zero-order valence-corrected chi connectivity index (χ0v) is 9.34. The van der Waals surface area contributed by atoms with Crippen LogP contribution in [0.5, 0.6) is 0 Å². The molecule has 5 N–H and O–H groups in total. The molecule has 84 valence electrons. The second kappa shape index (κ2) is 7.59. The average Bonchev–Trinajstić information content (AvgIpc) is 2.74. The van der Waals surface area contributed by atoms with E-state index in [0.717, 1.165) is 37.2 Å². The largest absolute Gasteiger partial charge is 0.342 e. The zero-order chi connectivity index (χ0) is 11.6. The highest BCUT2D eigenvalue weighted by atomic mass is 14.7. The molecule has 0 aliphatic rings. The number of nitrogens with one attached hydrogen (secondary N) is 1. The summed E-state index contributed by atoms with van der Waals surface area (Å²) in [7, 11) is 0. The molecule has 1 rings (SSSR count). The van der Waals surface area contributed by atoms with Crippen LogP contribution in [0.2, 0.25) is 0 Å². The fourth-order valence-corrected chi connectivity index (χ4v) is 1.20. The Morgan fingerprint density at radius 2 is 1.69 bits per heavy atom. The monoisotopic (exact) mass is 215 g/mol. The smallest absolute Gasteiger partial charge is 0.0903 e. The summed E-state index contributed by atoms with van der Waals surface area (Å²) in [4.78, 5) is 3.11. The van der Waals surface area contributed by atoms with Gasteiger partial charge in [0.05, 0.1) is 17.9 Å². The summed E-state index contributed by atoms with van der Waals surface area (Å²) in [5, 5.41) is 0. The molecule has 1 heterocycles. The third kappa shape index (κ3) is 4.70. The number of unbranched alkanes of at least 4 members (excludes halogenated alkanes) is 2. The first-order valence-corrected chi connectivity index (χ1v) is 5.43. The molecule has 0 saturated heterocycles. The van der Waals surface area contributed by atoms with Gasteiger partial charge in [0.1, 0.15) is 0 Å². The molecule has 0 amide bonds. The molecular weight excluding hydrogens is 198 g/mol. The summed E-state index contributed by atoms with van der Waals surface area (Å²) in [6.07, 6.45) is 2.98. The molecule has 0 saturated carbocycles. The number of hydrogen-bond donors (Lipinski definition) is 3. The van der Waals surface area contributed by atoms with Crippen LogP contribution in [0, 0.1) is 23.7 Å². The Hall–Kier alpha value is -1.68. The number of aromatic amines is 1. The summed E-state index contributed by atoms with van der Waals surface area (Å²) in [6.45, 7) is 1.11. The lowest BCUT2D eigenvalue weighted by molar-refractivity contribution is 0.767. The van der Waals surface area contributed by atoms with Gasteiger partial charge in [-0.3, -0.25) is 0 Å². The van der Waals surface area contributed by atoms with Crippen molar-refractivity contribution in [2.75, 3.05) is 13.1 Å². The molecule has 0 unspecified atom stereocenters. The molecular formula is C13H17N3. The van der Waals surface area contributed by atoms with Crippen LogP contribution in [0.3, 0.4) is 0 Å². The molecule has 0 atom stereocenters. The van der Waals surface area contributed by atoms with Crippen molar-refractivity contribution in [3.05, 3.63) is 23.5 Å². The normalized spacial score (nSPS) is 8.88. The molecule has 1 aromatic rings. The van der Waals surface area contributed by atoms with Crippen molar-refractivity contribution in [1.29, 1.82) is 0 Å². The Bertz CT molecular complexity index is 423.